The first-order valence-electron chi connectivity index (χ1n) is 8.39. The number of nitrogens with two attached hydrogens (primary N) is 1. The number of nitrogens with one attached hydrogen (secondary N) is 1. The summed E-state index contributed by atoms with van der Waals surface area (Å²) >= 11 is 0. The summed E-state index contributed by atoms with van der Waals surface area (Å²) < 4.78 is 45.8. The van der Waals surface area contributed by atoms with Crippen molar-refractivity contribution in [2.45, 2.75) is 18.8 Å². The Hall–Kier alpha value is -3.33. The van der Waals surface area contributed by atoms with E-state index in [4.69, 9.17) is 10.3 Å². The van der Waals surface area contributed by atoms with Crippen molar-refractivity contribution >= 4 is 10.9 Å². The van der Waals surface area contributed by atoms with Crippen LogP contribution in [0.2, 0.25) is 0 Å². The minimum atomic E-state index is -4.74. The Labute approximate surface area is 157 Å². The second kappa shape index (κ2) is 7.01. The third-order valence-electron chi connectivity index (χ3n) is 4.22. The van der Waals surface area contributed by atoms with Crippen molar-refractivity contribution < 1.29 is 22.4 Å². The van der Waals surface area contributed by atoms with Crippen LogP contribution in [0.3, 0.4) is 0 Å². The van der Waals surface area contributed by atoms with Gasteiger partial charge in [-0.25, -0.2) is 0 Å². The number of aromatic nitrogens is 3. The number of hydrogen-bond donors (Lipinski definition) is 2. The van der Waals surface area contributed by atoms with E-state index < -0.39 is 12.4 Å². The van der Waals surface area contributed by atoms with Gasteiger partial charge in [-0.05, 0) is 42.3 Å². The number of alkyl halides is 3. The van der Waals surface area contributed by atoms with Crippen molar-refractivity contribution in [1.29, 1.82) is 0 Å². The number of rotatable bonds is 5. The lowest BCUT2D eigenvalue weighted by molar-refractivity contribution is -0.274. The van der Waals surface area contributed by atoms with Gasteiger partial charge in [0, 0.05) is 22.7 Å². The van der Waals surface area contributed by atoms with Crippen molar-refractivity contribution in [3.05, 3.63) is 66.2 Å². The van der Waals surface area contributed by atoms with Crippen LogP contribution in [0.15, 0.2) is 59.3 Å². The molecule has 4 rings (SSSR count). The normalized spacial score (nSPS) is 13.0. The van der Waals surface area contributed by atoms with Crippen molar-refractivity contribution in [1.82, 2.24) is 15.1 Å². The van der Waals surface area contributed by atoms with Crippen LogP contribution in [0.5, 0.6) is 5.75 Å². The lowest BCUT2D eigenvalue weighted by Crippen LogP contribution is -2.16. The van der Waals surface area contributed by atoms with Crippen LogP contribution in [-0.2, 0) is 6.42 Å². The van der Waals surface area contributed by atoms with Gasteiger partial charge in [-0.3, -0.25) is 0 Å². The Morgan fingerprint density at radius 1 is 1.11 bits per heavy atom. The van der Waals surface area contributed by atoms with E-state index in [1.54, 1.807) is 0 Å². The molecule has 2 heterocycles. The molecule has 0 amide bonds. The molecule has 0 aliphatic carbocycles. The van der Waals surface area contributed by atoms with E-state index in [1.807, 2.05) is 30.5 Å². The number of aromatic amines is 1. The second-order valence-corrected chi connectivity index (χ2v) is 6.20. The molecular weight excluding hydrogens is 373 g/mol. The second-order valence-electron chi connectivity index (χ2n) is 6.20. The van der Waals surface area contributed by atoms with Crippen LogP contribution in [0.1, 0.15) is 17.5 Å². The molecule has 0 aliphatic rings. The number of halogens is 3. The summed E-state index contributed by atoms with van der Waals surface area (Å²) in [6, 6.07) is 12.5. The van der Waals surface area contributed by atoms with Gasteiger partial charge in [0.1, 0.15) is 5.75 Å². The molecule has 28 heavy (non-hydrogen) atoms. The molecule has 0 saturated carbocycles. The van der Waals surface area contributed by atoms with Gasteiger partial charge in [0.05, 0.1) is 6.04 Å². The Morgan fingerprint density at radius 3 is 2.61 bits per heavy atom. The average Bonchev–Trinajstić information content (AvgIpc) is 3.29. The predicted octanol–water partition coefficient (Wildman–Crippen LogP) is 4.36. The van der Waals surface area contributed by atoms with Crippen molar-refractivity contribution in [3.8, 4) is 17.1 Å². The fourth-order valence-electron chi connectivity index (χ4n) is 2.93. The maximum atomic E-state index is 12.2. The fourth-order valence-corrected chi connectivity index (χ4v) is 2.93. The number of fused-ring (bicyclic) bond motifs is 1. The molecule has 9 heteroatoms. The summed E-state index contributed by atoms with van der Waals surface area (Å²) in [6.45, 7) is 0. The molecule has 2 aromatic carbocycles. The topological polar surface area (TPSA) is 90.0 Å². The molecule has 3 N–H and O–H groups in total. The summed E-state index contributed by atoms with van der Waals surface area (Å²) in [7, 11) is 0. The smallest absolute Gasteiger partial charge is 0.406 e. The Balaban J connectivity index is 1.49. The van der Waals surface area contributed by atoms with Gasteiger partial charge in [0.2, 0.25) is 11.7 Å². The van der Waals surface area contributed by atoms with Crippen LogP contribution in [0.25, 0.3) is 22.3 Å². The first-order valence-corrected chi connectivity index (χ1v) is 8.39. The van der Waals surface area contributed by atoms with E-state index in [0.29, 0.717) is 12.0 Å². The van der Waals surface area contributed by atoms with E-state index in [1.165, 1.54) is 24.3 Å². The molecule has 0 bridgehead atoms. The van der Waals surface area contributed by atoms with Gasteiger partial charge in [-0.1, -0.05) is 23.4 Å². The third kappa shape index (κ3) is 3.84. The molecule has 4 aromatic rings. The third-order valence-corrected chi connectivity index (χ3v) is 4.22. The van der Waals surface area contributed by atoms with Crippen molar-refractivity contribution in [2.75, 3.05) is 0 Å². The van der Waals surface area contributed by atoms with E-state index >= 15 is 0 Å². The summed E-state index contributed by atoms with van der Waals surface area (Å²) in [5, 5.41) is 4.93. The maximum absolute atomic E-state index is 12.2. The zero-order valence-electron chi connectivity index (χ0n) is 14.4. The highest BCUT2D eigenvalue weighted by atomic mass is 19.4. The molecule has 0 spiro atoms. The number of para-hydroxylation sites is 1. The Kier molecular flexibility index (Phi) is 4.52. The van der Waals surface area contributed by atoms with Gasteiger partial charge in [0.25, 0.3) is 0 Å². The molecule has 1 unspecified atom stereocenters. The van der Waals surface area contributed by atoms with Gasteiger partial charge in [-0.2, -0.15) is 4.98 Å². The molecule has 0 aliphatic heterocycles. The quantitative estimate of drug-likeness (QED) is 0.530. The maximum Gasteiger partial charge on any atom is 0.573 e. The zero-order chi connectivity index (χ0) is 19.7. The number of nitrogens with zero attached hydrogens (tertiary/aromatic N) is 2. The van der Waals surface area contributed by atoms with E-state index in [-0.39, 0.29) is 17.5 Å². The molecule has 1 atom stereocenters. The van der Waals surface area contributed by atoms with Crippen LogP contribution in [-0.4, -0.2) is 21.5 Å². The van der Waals surface area contributed by atoms with Crippen LogP contribution in [0.4, 0.5) is 13.2 Å². The zero-order valence-corrected chi connectivity index (χ0v) is 14.4. The van der Waals surface area contributed by atoms with Gasteiger partial charge >= 0.3 is 6.36 Å². The molecule has 144 valence electrons. The first-order chi connectivity index (χ1) is 13.4. The molecule has 2 aromatic heterocycles. The number of ether oxygens (including phenoxy) is 1. The molecule has 0 fully saturated rings. The van der Waals surface area contributed by atoms with Crippen LogP contribution in [0, 0.1) is 0 Å². The molecule has 6 nitrogen and oxygen atoms in total. The predicted molar refractivity (Wildman–Crippen MR) is 95.3 cm³/mol. The summed E-state index contributed by atoms with van der Waals surface area (Å²) in [5.74, 6) is 0.162. The summed E-state index contributed by atoms with van der Waals surface area (Å²) in [6.07, 6.45) is -2.36. The van der Waals surface area contributed by atoms with Crippen molar-refractivity contribution in [3.63, 3.8) is 0 Å². The molecular formula is C19H15F3N4O2. The van der Waals surface area contributed by atoms with Crippen LogP contribution < -0.4 is 10.5 Å². The van der Waals surface area contributed by atoms with Crippen molar-refractivity contribution in [2.24, 2.45) is 5.73 Å². The number of benzene rings is 2. The fraction of sp³-hybridized carbons (Fsp3) is 0.158. The first kappa shape index (κ1) is 18.1. The minimum absolute atomic E-state index is 0.239. The van der Waals surface area contributed by atoms with Gasteiger partial charge in [-0.15, -0.1) is 13.2 Å². The van der Waals surface area contributed by atoms with Gasteiger partial charge < -0.3 is 20.0 Å². The molecule has 0 saturated heterocycles. The van der Waals surface area contributed by atoms with Crippen LogP contribution >= 0.6 is 0 Å². The molecule has 0 radical (unpaired) electrons. The number of hydrogen-bond acceptors (Lipinski definition) is 5. The Bertz CT molecular complexity index is 1090. The Morgan fingerprint density at radius 2 is 1.86 bits per heavy atom. The van der Waals surface area contributed by atoms with E-state index in [2.05, 4.69) is 19.9 Å². The number of H-pyrrole nitrogens is 1. The standard InChI is InChI=1S/C19H15F3N4O2/c20-19(21,22)27-13-7-5-11(6-8-13)17-25-18(28-26-17)15(23)9-12-10-24-16-4-2-1-3-14(12)16/h1-8,10,15,24H,9,23H2. The average molecular weight is 388 g/mol. The minimum Gasteiger partial charge on any atom is -0.406 e. The highest BCUT2D eigenvalue weighted by Gasteiger charge is 2.31. The SMILES string of the molecule is NC(Cc1c[nH]c2ccccc12)c1nc(-c2ccc(OC(F)(F)F)cc2)no1. The highest BCUT2D eigenvalue weighted by molar-refractivity contribution is 5.83. The lowest BCUT2D eigenvalue weighted by atomic mass is 10.1. The monoisotopic (exact) mass is 388 g/mol. The van der Waals surface area contributed by atoms with E-state index in [9.17, 15) is 13.2 Å². The summed E-state index contributed by atoms with van der Waals surface area (Å²) in [4.78, 5) is 7.45. The lowest BCUT2D eigenvalue weighted by Gasteiger charge is -2.08. The highest BCUT2D eigenvalue weighted by Crippen LogP contribution is 2.27. The summed E-state index contributed by atoms with van der Waals surface area (Å²) in [5.41, 5.74) is 8.73. The van der Waals surface area contributed by atoms with Gasteiger partial charge in [0.15, 0.2) is 0 Å². The van der Waals surface area contributed by atoms with E-state index in [0.717, 1.165) is 16.5 Å². The largest absolute Gasteiger partial charge is 0.573 e.